The molecule has 0 fully saturated rings. The lowest BCUT2D eigenvalue weighted by Gasteiger charge is -2.08. The van der Waals surface area contributed by atoms with Crippen LogP contribution in [0.4, 0.5) is 13.2 Å². The monoisotopic (exact) mass is 252 g/mol. The molecule has 0 heterocycles. The molecule has 0 aliphatic carbocycles. The van der Waals surface area contributed by atoms with Gasteiger partial charge in [-0.15, -0.1) is 0 Å². The van der Waals surface area contributed by atoms with Crippen LogP contribution < -0.4 is 0 Å². The third kappa shape index (κ3) is 3.73. The van der Waals surface area contributed by atoms with Crippen LogP contribution >= 0.6 is 11.6 Å². The number of aromatic hydroxyl groups is 1. The molecule has 0 unspecified atom stereocenters. The van der Waals surface area contributed by atoms with Gasteiger partial charge in [-0.1, -0.05) is 17.7 Å². The molecular formula is C10H8ClF3O2. The van der Waals surface area contributed by atoms with Crippen LogP contribution in [-0.4, -0.2) is 17.1 Å². The molecule has 0 bridgehead atoms. The van der Waals surface area contributed by atoms with E-state index in [1.807, 2.05) is 0 Å². The first-order valence-electron chi connectivity index (χ1n) is 4.34. The molecule has 1 aromatic carbocycles. The molecule has 0 aliphatic rings. The fraction of sp³-hybridized carbons (Fsp3) is 0.300. The van der Waals surface area contributed by atoms with E-state index in [2.05, 4.69) is 0 Å². The molecule has 2 nitrogen and oxygen atoms in total. The number of alkyl halides is 3. The number of Topliss-reactive ketones (excluding diaryl/α,β-unsaturated/α-hetero) is 1. The lowest BCUT2D eigenvalue weighted by atomic mass is 10.1. The van der Waals surface area contributed by atoms with Crippen LogP contribution in [-0.2, 0) is 11.2 Å². The van der Waals surface area contributed by atoms with Crippen molar-refractivity contribution in [1.82, 2.24) is 0 Å². The van der Waals surface area contributed by atoms with Gasteiger partial charge in [-0.2, -0.15) is 13.2 Å². The zero-order chi connectivity index (χ0) is 12.3. The van der Waals surface area contributed by atoms with Crippen molar-refractivity contribution in [3.63, 3.8) is 0 Å². The standard InChI is InChI=1S/C10H8ClF3O2/c11-8-2-1-3-9(16)7(8)4-6(15)5-10(12,13)14/h1-3,16H,4-5H2. The first kappa shape index (κ1) is 12.8. The number of hydrogen-bond donors (Lipinski definition) is 1. The predicted molar refractivity (Wildman–Crippen MR) is 52.5 cm³/mol. The molecule has 0 saturated carbocycles. The minimum absolute atomic E-state index is 0.0263. The third-order valence-corrected chi connectivity index (χ3v) is 2.22. The van der Waals surface area contributed by atoms with Gasteiger partial charge in [0, 0.05) is 17.0 Å². The number of phenols is 1. The van der Waals surface area contributed by atoms with Gasteiger partial charge in [-0.25, -0.2) is 0 Å². The molecule has 88 valence electrons. The highest BCUT2D eigenvalue weighted by atomic mass is 35.5. The number of rotatable bonds is 3. The van der Waals surface area contributed by atoms with Gasteiger partial charge in [0.25, 0.3) is 0 Å². The maximum Gasteiger partial charge on any atom is 0.395 e. The Labute approximate surface area is 94.6 Å². The summed E-state index contributed by atoms with van der Waals surface area (Å²) < 4.78 is 35.7. The summed E-state index contributed by atoms with van der Waals surface area (Å²) in [6.07, 6.45) is -6.57. The smallest absolute Gasteiger partial charge is 0.395 e. The first-order valence-corrected chi connectivity index (χ1v) is 4.72. The minimum Gasteiger partial charge on any atom is -0.508 e. The fourth-order valence-electron chi connectivity index (χ4n) is 1.21. The molecule has 0 spiro atoms. The van der Waals surface area contributed by atoms with Crippen LogP contribution in [0.15, 0.2) is 18.2 Å². The molecule has 0 amide bonds. The van der Waals surface area contributed by atoms with E-state index in [0.29, 0.717) is 0 Å². The fourth-order valence-corrected chi connectivity index (χ4v) is 1.44. The van der Waals surface area contributed by atoms with Crippen molar-refractivity contribution in [3.8, 4) is 5.75 Å². The van der Waals surface area contributed by atoms with Crippen molar-refractivity contribution < 1.29 is 23.1 Å². The molecular weight excluding hydrogens is 245 g/mol. The van der Waals surface area contributed by atoms with Crippen molar-refractivity contribution in [3.05, 3.63) is 28.8 Å². The Hall–Kier alpha value is -1.23. The Balaban J connectivity index is 2.78. The highest BCUT2D eigenvalue weighted by Crippen LogP contribution is 2.28. The summed E-state index contributed by atoms with van der Waals surface area (Å²) in [5.41, 5.74) is 0.0263. The van der Waals surface area contributed by atoms with Gasteiger partial charge in [0.1, 0.15) is 18.0 Å². The molecule has 0 radical (unpaired) electrons. The van der Waals surface area contributed by atoms with Gasteiger partial charge in [0.2, 0.25) is 0 Å². The van der Waals surface area contributed by atoms with Gasteiger partial charge in [0.05, 0.1) is 0 Å². The second-order valence-electron chi connectivity index (χ2n) is 3.24. The summed E-state index contributed by atoms with van der Waals surface area (Å²) in [7, 11) is 0. The Bertz CT molecular complexity index is 381. The maximum absolute atomic E-state index is 11.9. The van der Waals surface area contributed by atoms with E-state index in [4.69, 9.17) is 11.6 Å². The van der Waals surface area contributed by atoms with Crippen molar-refractivity contribution in [2.75, 3.05) is 0 Å². The van der Waals surface area contributed by atoms with E-state index >= 15 is 0 Å². The number of halogens is 4. The lowest BCUT2D eigenvalue weighted by molar-refractivity contribution is -0.151. The van der Waals surface area contributed by atoms with Crippen molar-refractivity contribution >= 4 is 17.4 Å². The highest BCUT2D eigenvalue weighted by molar-refractivity contribution is 6.31. The average Bonchev–Trinajstić information content (AvgIpc) is 2.08. The summed E-state index contributed by atoms with van der Waals surface area (Å²) in [6.45, 7) is 0. The summed E-state index contributed by atoms with van der Waals surface area (Å²) in [6, 6.07) is 4.11. The Morgan fingerprint density at radius 1 is 1.38 bits per heavy atom. The number of benzene rings is 1. The quantitative estimate of drug-likeness (QED) is 0.897. The van der Waals surface area contributed by atoms with Crippen LogP contribution in [0.5, 0.6) is 5.75 Å². The van der Waals surface area contributed by atoms with Gasteiger partial charge < -0.3 is 5.11 Å². The normalized spacial score (nSPS) is 11.5. The number of carbonyl (C=O) groups is 1. The molecule has 16 heavy (non-hydrogen) atoms. The summed E-state index contributed by atoms with van der Waals surface area (Å²) >= 11 is 5.65. The first-order chi connectivity index (χ1) is 7.29. The minimum atomic E-state index is -4.53. The lowest BCUT2D eigenvalue weighted by Crippen LogP contribution is -2.16. The summed E-state index contributed by atoms with van der Waals surface area (Å²) in [5.74, 6) is -1.31. The van der Waals surface area contributed by atoms with Crippen LogP contribution in [0.1, 0.15) is 12.0 Å². The van der Waals surface area contributed by atoms with E-state index in [0.717, 1.165) is 0 Å². The predicted octanol–water partition coefficient (Wildman–Crippen LogP) is 3.11. The van der Waals surface area contributed by atoms with E-state index in [9.17, 15) is 23.1 Å². The Kier molecular flexibility index (Phi) is 3.80. The molecule has 6 heteroatoms. The number of phenolic OH excluding ortho intramolecular Hbond substituents is 1. The molecule has 1 aromatic rings. The van der Waals surface area contributed by atoms with Gasteiger partial charge >= 0.3 is 6.18 Å². The van der Waals surface area contributed by atoms with Gasteiger partial charge in [-0.05, 0) is 12.1 Å². The Morgan fingerprint density at radius 2 is 2.00 bits per heavy atom. The molecule has 0 aliphatic heterocycles. The SMILES string of the molecule is O=C(Cc1c(O)cccc1Cl)CC(F)(F)F. The van der Waals surface area contributed by atoms with Crippen molar-refractivity contribution in [2.24, 2.45) is 0 Å². The number of carbonyl (C=O) groups excluding carboxylic acids is 1. The second kappa shape index (κ2) is 4.74. The number of hydrogen-bond acceptors (Lipinski definition) is 2. The zero-order valence-corrected chi connectivity index (χ0v) is 8.77. The van der Waals surface area contributed by atoms with E-state index in [1.54, 1.807) is 0 Å². The molecule has 0 saturated heterocycles. The third-order valence-electron chi connectivity index (χ3n) is 1.87. The highest BCUT2D eigenvalue weighted by Gasteiger charge is 2.31. The maximum atomic E-state index is 11.9. The second-order valence-corrected chi connectivity index (χ2v) is 3.65. The average molecular weight is 253 g/mol. The van der Waals surface area contributed by atoms with E-state index < -0.39 is 24.8 Å². The largest absolute Gasteiger partial charge is 0.508 e. The van der Waals surface area contributed by atoms with Crippen LogP contribution in [0.2, 0.25) is 5.02 Å². The molecule has 1 N–H and O–H groups in total. The van der Waals surface area contributed by atoms with E-state index in [1.165, 1.54) is 18.2 Å². The van der Waals surface area contributed by atoms with Crippen molar-refractivity contribution in [2.45, 2.75) is 19.0 Å². The topological polar surface area (TPSA) is 37.3 Å². The van der Waals surface area contributed by atoms with Crippen LogP contribution in [0, 0.1) is 0 Å². The number of ketones is 1. The van der Waals surface area contributed by atoms with Crippen LogP contribution in [0.25, 0.3) is 0 Å². The van der Waals surface area contributed by atoms with E-state index in [-0.39, 0.29) is 16.3 Å². The van der Waals surface area contributed by atoms with Gasteiger partial charge in [0.15, 0.2) is 0 Å². The zero-order valence-electron chi connectivity index (χ0n) is 8.01. The summed E-state index contributed by atoms with van der Waals surface area (Å²) in [5, 5.41) is 9.40. The molecule has 0 aromatic heterocycles. The Morgan fingerprint density at radius 3 is 2.50 bits per heavy atom. The summed E-state index contributed by atoms with van der Waals surface area (Å²) in [4.78, 5) is 11.0. The van der Waals surface area contributed by atoms with Crippen molar-refractivity contribution in [1.29, 1.82) is 0 Å². The van der Waals surface area contributed by atoms with Gasteiger partial charge in [-0.3, -0.25) is 4.79 Å². The van der Waals surface area contributed by atoms with Crippen LogP contribution in [0.3, 0.4) is 0 Å². The molecule has 0 atom stereocenters. The molecule has 1 rings (SSSR count).